The van der Waals surface area contributed by atoms with Gasteiger partial charge in [-0.3, -0.25) is 4.79 Å². The summed E-state index contributed by atoms with van der Waals surface area (Å²) in [5.74, 6) is 0.905. The average Bonchev–Trinajstić information content (AvgIpc) is 2.29. The zero-order valence-electron chi connectivity index (χ0n) is 9.31. The van der Waals surface area contributed by atoms with Crippen molar-refractivity contribution in [1.29, 1.82) is 0 Å². The zero-order valence-corrected chi connectivity index (χ0v) is 9.31. The van der Waals surface area contributed by atoms with Crippen molar-refractivity contribution in [3.8, 4) is 11.5 Å². The summed E-state index contributed by atoms with van der Waals surface area (Å²) < 4.78 is 10.3. The van der Waals surface area contributed by atoms with Gasteiger partial charge in [0.2, 0.25) is 0 Å². The first-order valence-electron chi connectivity index (χ1n) is 5.30. The number of ether oxygens (including phenoxy) is 2. The minimum Gasteiger partial charge on any atom is -0.494 e. The summed E-state index contributed by atoms with van der Waals surface area (Å²) >= 11 is 0. The molecule has 0 amide bonds. The Kier molecular flexibility index (Phi) is 5.36. The highest BCUT2D eigenvalue weighted by Gasteiger charge is 2.04. The smallest absolute Gasteiger partial charge is 0.311 e. The Morgan fingerprint density at radius 2 is 1.88 bits per heavy atom. The number of rotatable bonds is 6. The summed E-state index contributed by atoms with van der Waals surface area (Å²) in [5, 5.41) is 8.55. The van der Waals surface area contributed by atoms with Crippen LogP contribution in [-0.4, -0.2) is 24.3 Å². The van der Waals surface area contributed by atoms with Gasteiger partial charge in [-0.05, 0) is 37.6 Å². The summed E-state index contributed by atoms with van der Waals surface area (Å²) in [7, 11) is 0. The number of aliphatic hydroxyl groups excluding tert-OH is 1. The summed E-state index contributed by atoms with van der Waals surface area (Å²) in [6.45, 7) is 2.51. The van der Waals surface area contributed by atoms with E-state index in [1.807, 2.05) is 6.92 Å². The van der Waals surface area contributed by atoms with E-state index in [9.17, 15) is 4.79 Å². The van der Waals surface area contributed by atoms with Gasteiger partial charge in [0.25, 0.3) is 0 Å². The molecule has 1 aromatic rings. The third-order valence-corrected chi connectivity index (χ3v) is 1.91. The quantitative estimate of drug-likeness (QED) is 0.591. The number of carbonyl (C=O) groups excluding carboxylic acids is 1. The molecule has 0 bridgehead atoms. The maximum atomic E-state index is 11.2. The van der Waals surface area contributed by atoms with Crippen LogP contribution in [0.2, 0.25) is 0 Å². The third kappa shape index (κ3) is 4.31. The van der Waals surface area contributed by atoms with Crippen molar-refractivity contribution in [2.45, 2.75) is 19.8 Å². The number of aliphatic hydroxyl groups is 1. The largest absolute Gasteiger partial charge is 0.494 e. The van der Waals surface area contributed by atoms with E-state index >= 15 is 0 Å². The van der Waals surface area contributed by atoms with Gasteiger partial charge in [0.1, 0.15) is 11.5 Å². The normalized spacial score (nSPS) is 9.88. The number of benzene rings is 1. The second kappa shape index (κ2) is 6.85. The molecule has 0 heterocycles. The van der Waals surface area contributed by atoms with Crippen LogP contribution in [0.4, 0.5) is 0 Å². The summed E-state index contributed by atoms with van der Waals surface area (Å²) in [5.41, 5.74) is 0. The van der Waals surface area contributed by atoms with Crippen LogP contribution in [0.25, 0.3) is 0 Å². The fourth-order valence-electron chi connectivity index (χ4n) is 1.18. The molecule has 4 heteroatoms. The molecule has 0 fully saturated rings. The van der Waals surface area contributed by atoms with Gasteiger partial charge in [-0.15, -0.1) is 0 Å². The van der Waals surface area contributed by atoms with Gasteiger partial charge >= 0.3 is 5.97 Å². The van der Waals surface area contributed by atoms with Gasteiger partial charge in [-0.25, -0.2) is 0 Å². The molecule has 88 valence electrons. The van der Waals surface area contributed by atoms with Gasteiger partial charge in [-0.1, -0.05) is 0 Å². The van der Waals surface area contributed by atoms with Gasteiger partial charge in [0, 0.05) is 13.0 Å². The lowest BCUT2D eigenvalue weighted by Crippen LogP contribution is -2.08. The summed E-state index contributed by atoms with van der Waals surface area (Å²) in [6, 6.07) is 6.86. The van der Waals surface area contributed by atoms with E-state index in [-0.39, 0.29) is 19.0 Å². The minimum absolute atomic E-state index is 0.00161. The second-order valence-corrected chi connectivity index (χ2v) is 3.21. The second-order valence-electron chi connectivity index (χ2n) is 3.21. The molecule has 0 aliphatic heterocycles. The number of esters is 1. The number of carbonyl (C=O) groups is 1. The lowest BCUT2D eigenvalue weighted by atomic mass is 10.3. The molecule has 0 aliphatic rings. The van der Waals surface area contributed by atoms with E-state index in [2.05, 4.69) is 0 Å². The molecule has 4 nitrogen and oxygen atoms in total. The first kappa shape index (κ1) is 12.5. The Labute approximate surface area is 94.8 Å². The Morgan fingerprint density at radius 1 is 1.25 bits per heavy atom. The van der Waals surface area contributed by atoms with Crippen LogP contribution in [0.15, 0.2) is 24.3 Å². The maximum Gasteiger partial charge on any atom is 0.311 e. The Morgan fingerprint density at radius 3 is 2.44 bits per heavy atom. The highest BCUT2D eigenvalue weighted by molar-refractivity contribution is 5.72. The predicted molar refractivity (Wildman–Crippen MR) is 59.6 cm³/mol. The first-order valence-corrected chi connectivity index (χ1v) is 5.30. The molecular formula is C12H16O4. The van der Waals surface area contributed by atoms with Crippen LogP contribution in [0.1, 0.15) is 19.8 Å². The van der Waals surface area contributed by atoms with Gasteiger partial charge in [0.05, 0.1) is 6.61 Å². The summed E-state index contributed by atoms with van der Waals surface area (Å²) in [6.07, 6.45) is 0.652. The number of hydrogen-bond donors (Lipinski definition) is 1. The van der Waals surface area contributed by atoms with E-state index in [4.69, 9.17) is 14.6 Å². The predicted octanol–water partition coefficient (Wildman–Crippen LogP) is 1.76. The molecule has 1 N–H and O–H groups in total. The highest BCUT2D eigenvalue weighted by Crippen LogP contribution is 2.17. The molecule has 0 unspecified atom stereocenters. The lowest BCUT2D eigenvalue weighted by Gasteiger charge is -2.05. The summed E-state index contributed by atoms with van der Waals surface area (Å²) in [4.78, 5) is 11.2. The van der Waals surface area contributed by atoms with Crippen LogP contribution in [0.3, 0.4) is 0 Å². The van der Waals surface area contributed by atoms with Crippen molar-refractivity contribution in [3.63, 3.8) is 0 Å². The standard InChI is InChI=1S/C12H16O4/c1-2-15-10-5-7-11(8-6-10)16-12(14)4-3-9-13/h5-8,13H,2-4,9H2,1H3. The maximum absolute atomic E-state index is 11.2. The Bertz CT molecular complexity index is 318. The van der Waals surface area contributed by atoms with Gasteiger partial charge in [-0.2, -0.15) is 0 Å². The monoisotopic (exact) mass is 224 g/mol. The minimum atomic E-state index is -0.335. The van der Waals surface area contributed by atoms with Crippen molar-refractivity contribution in [3.05, 3.63) is 24.3 Å². The van der Waals surface area contributed by atoms with Crippen LogP contribution >= 0.6 is 0 Å². The van der Waals surface area contributed by atoms with Crippen molar-refractivity contribution < 1.29 is 19.4 Å². The van der Waals surface area contributed by atoms with E-state index < -0.39 is 0 Å². The van der Waals surface area contributed by atoms with E-state index in [1.165, 1.54) is 0 Å². The van der Waals surface area contributed by atoms with Crippen LogP contribution in [0.5, 0.6) is 11.5 Å². The SMILES string of the molecule is CCOc1ccc(OC(=O)CCCO)cc1. The van der Waals surface area contributed by atoms with E-state index in [0.717, 1.165) is 5.75 Å². The Balaban J connectivity index is 2.45. The molecule has 0 saturated heterocycles. The molecule has 0 spiro atoms. The fourth-order valence-corrected chi connectivity index (χ4v) is 1.18. The van der Waals surface area contributed by atoms with Crippen molar-refractivity contribution in [2.24, 2.45) is 0 Å². The molecule has 0 radical (unpaired) electrons. The van der Waals surface area contributed by atoms with E-state index in [1.54, 1.807) is 24.3 Å². The third-order valence-electron chi connectivity index (χ3n) is 1.91. The zero-order chi connectivity index (χ0) is 11.8. The molecule has 0 aliphatic carbocycles. The molecule has 0 aromatic heterocycles. The first-order chi connectivity index (χ1) is 7.76. The molecular weight excluding hydrogens is 208 g/mol. The van der Waals surface area contributed by atoms with Crippen molar-refractivity contribution in [1.82, 2.24) is 0 Å². The molecule has 1 aromatic carbocycles. The van der Waals surface area contributed by atoms with Crippen molar-refractivity contribution in [2.75, 3.05) is 13.2 Å². The van der Waals surface area contributed by atoms with Gasteiger partial charge < -0.3 is 14.6 Å². The van der Waals surface area contributed by atoms with Crippen LogP contribution < -0.4 is 9.47 Å². The molecule has 0 atom stereocenters. The highest BCUT2D eigenvalue weighted by atomic mass is 16.5. The molecule has 1 rings (SSSR count). The average molecular weight is 224 g/mol. The lowest BCUT2D eigenvalue weighted by molar-refractivity contribution is -0.134. The van der Waals surface area contributed by atoms with Gasteiger partial charge in [0.15, 0.2) is 0 Å². The molecule has 16 heavy (non-hydrogen) atoms. The fraction of sp³-hybridized carbons (Fsp3) is 0.417. The number of hydrogen-bond acceptors (Lipinski definition) is 4. The Hall–Kier alpha value is -1.55. The molecule has 0 saturated carbocycles. The topological polar surface area (TPSA) is 55.8 Å². The van der Waals surface area contributed by atoms with Crippen LogP contribution in [0, 0.1) is 0 Å². The van der Waals surface area contributed by atoms with E-state index in [0.29, 0.717) is 18.8 Å². The van der Waals surface area contributed by atoms with Crippen molar-refractivity contribution >= 4 is 5.97 Å². The van der Waals surface area contributed by atoms with Crippen LogP contribution in [-0.2, 0) is 4.79 Å².